The van der Waals surface area contributed by atoms with Crippen LogP contribution >= 0.6 is 0 Å². The molecule has 2 nitrogen and oxygen atoms in total. The van der Waals surface area contributed by atoms with Crippen LogP contribution in [0.25, 0.3) is 0 Å². The zero-order chi connectivity index (χ0) is 9.57. The number of unbranched alkanes of at least 4 members (excludes halogenated alkanes) is 5. The molecule has 0 bridgehead atoms. The summed E-state index contributed by atoms with van der Waals surface area (Å²) in [6, 6.07) is 0. The first-order valence-electron chi connectivity index (χ1n) is 5.58. The first-order chi connectivity index (χ1) is 6.33. The van der Waals surface area contributed by atoms with Gasteiger partial charge in [-0.15, -0.1) is 0 Å². The summed E-state index contributed by atoms with van der Waals surface area (Å²) < 4.78 is 5.22. The first-order valence-corrected chi connectivity index (χ1v) is 5.58. The highest BCUT2D eigenvalue weighted by molar-refractivity contribution is 4.90. The quantitative estimate of drug-likeness (QED) is 0.466. The van der Waals surface area contributed by atoms with Crippen LogP contribution in [-0.4, -0.2) is 23.9 Å². The molecular formula is C11H22O2. The van der Waals surface area contributed by atoms with Crippen LogP contribution in [-0.2, 0) is 4.74 Å². The number of aliphatic hydroxyl groups is 1. The normalized spacial score (nSPS) is 26.3. The van der Waals surface area contributed by atoms with Crippen LogP contribution < -0.4 is 0 Å². The number of aliphatic hydroxyl groups excluding tert-OH is 1. The van der Waals surface area contributed by atoms with Crippen molar-refractivity contribution >= 4 is 0 Å². The molecule has 1 heterocycles. The van der Waals surface area contributed by atoms with Crippen molar-refractivity contribution in [1.29, 1.82) is 0 Å². The van der Waals surface area contributed by atoms with Crippen molar-refractivity contribution in [1.82, 2.24) is 0 Å². The molecule has 0 aromatic rings. The summed E-state index contributed by atoms with van der Waals surface area (Å²) in [6.45, 7) is 3.22. The van der Waals surface area contributed by atoms with E-state index in [1.54, 1.807) is 0 Å². The SMILES string of the molecule is CCCCCCCC[C@]1(CO)CO1. The Balaban J connectivity index is 1.84. The summed E-state index contributed by atoms with van der Waals surface area (Å²) in [5.41, 5.74) is -0.106. The van der Waals surface area contributed by atoms with E-state index in [9.17, 15) is 0 Å². The number of rotatable bonds is 8. The number of hydrogen-bond acceptors (Lipinski definition) is 2. The van der Waals surface area contributed by atoms with Gasteiger partial charge in [0.15, 0.2) is 0 Å². The number of ether oxygens (including phenoxy) is 1. The minimum absolute atomic E-state index is 0.106. The summed E-state index contributed by atoms with van der Waals surface area (Å²) in [5.74, 6) is 0. The van der Waals surface area contributed by atoms with Crippen molar-refractivity contribution in [2.75, 3.05) is 13.2 Å². The van der Waals surface area contributed by atoms with E-state index < -0.39 is 0 Å². The fraction of sp³-hybridized carbons (Fsp3) is 1.00. The average Bonchev–Trinajstić information content (AvgIpc) is 2.92. The van der Waals surface area contributed by atoms with Crippen LogP contribution in [0.3, 0.4) is 0 Å². The van der Waals surface area contributed by atoms with Crippen LogP contribution in [0.15, 0.2) is 0 Å². The van der Waals surface area contributed by atoms with Crippen LogP contribution in [0.5, 0.6) is 0 Å². The van der Waals surface area contributed by atoms with Gasteiger partial charge in [-0.05, 0) is 6.42 Å². The fourth-order valence-corrected chi connectivity index (χ4v) is 1.64. The molecule has 1 rings (SSSR count). The van der Waals surface area contributed by atoms with Gasteiger partial charge in [0, 0.05) is 0 Å². The second-order valence-electron chi connectivity index (χ2n) is 4.15. The predicted octanol–water partition coefficient (Wildman–Crippen LogP) is 2.50. The molecule has 1 N–H and O–H groups in total. The molecule has 2 heteroatoms. The smallest absolute Gasteiger partial charge is 0.115 e. The highest BCUT2D eigenvalue weighted by atomic mass is 16.6. The van der Waals surface area contributed by atoms with Gasteiger partial charge in [0.1, 0.15) is 5.60 Å². The van der Waals surface area contributed by atoms with Gasteiger partial charge in [0.25, 0.3) is 0 Å². The van der Waals surface area contributed by atoms with Crippen molar-refractivity contribution in [2.24, 2.45) is 0 Å². The molecule has 0 aromatic carbocycles. The van der Waals surface area contributed by atoms with Gasteiger partial charge in [0.05, 0.1) is 13.2 Å². The molecule has 0 aliphatic carbocycles. The van der Waals surface area contributed by atoms with Gasteiger partial charge in [-0.2, -0.15) is 0 Å². The lowest BCUT2D eigenvalue weighted by Crippen LogP contribution is -2.15. The zero-order valence-corrected chi connectivity index (χ0v) is 8.72. The molecule has 1 fully saturated rings. The molecule has 1 aliphatic heterocycles. The average molecular weight is 186 g/mol. The van der Waals surface area contributed by atoms with Crippen molar-refractivity contribution in [3.05, 3.63) is 0 Å². The van der Waals surface area contributed by atoms with Crippen LogP contribution in [0.2, 0.25) is 0 Å². The Labute approximate surface area is 81.3 Å². The van der Waals surface area contributed by atoms with E-state index in [1.165, 1.54) is 38.5 Å². The summed E-state index contributed by atoms with van der Waals surface area (Å²) >= 11 is 0. The van der Waals surface area contributed by atoms with Crippen LogP contribution in [0.4, 0.5) is 0 Å². The van der Waals surface area contributed by atoms with E-state index in [0.717, 1.165) is 13.0 Å². The first kappa shape index (κ1) is 11.0. The molecule has 0 amide bonds. The van der Waals surface area contributed by atoms with E-state index in [0.29, 0.717) is 0 Å². The molecule has 13 heavy (non-hydrogen) atoms. The maximum absolute atomic E-state index is 8.97. The van der Waals surface area contributed by atoms with Gasteiger partial charge in [0.2, 0.25) is 0 Å². The zero-order valence-electron chi connectivity index (χ0n) is 8.72. The third-order valence-corrected chi connectivity index (χ3v) is 2.83. The molecule has 0 unspecified atom stereocenters. The standard InChI is InChI=1S/C11H22O2/c1-2-3-4-5-6-7-8-11(9-12)10-13-11/h12H,2-10H2,1H3/t11-/m0/s1. The number of epoxide rings is 1. The topological polar surface area (TPSA) is 32.8 Å². The highest BCUT2D eigenvalue weighted by Gasteiger charge is 2.43. The lowest BCUT2D eigenvalue weighted by atomic mass is 10.0. The monoisotopic (exact) mass is 186 g/mol. The molecule has 0 spiro atoms. The van der Waals surface area contributed by atoms with Gasteiger partial charge in [-0.25, -0.2) is 0 Å². The highest BCUT2D eigenvalue weighted by Crippen LogP contribution is 2.32. The molecule has 0 aromatic heterocycles. The summed E-state index contributed by atoms with van der Waals surface area (Å²) in [5, 5.41) is 8.97. The Morgan fingerprint density at radius 2 is 1.77 bits per heavy atom. The van der Waals surface area contributed by atoms with Crippen molar-refractivity contribution in [2.45, 2.75) is 57.5 Å². The fourth-order valence-electron chi connectivity index (χ4n) is 1.64. The second kappa shape index (κ2) is 5.61. The maximum atomic E-state index is 8.97. The summed E-state index contributed by atoms with van der Waals surface area (Å²) in [6.07, 6.45) is 8.94. The molecule has 1 saturated heterocycles. The van der Waals surface area contributed by atoms with E-state index in [2.05, 4.69) is 6.92 Å². The van der Waals surface area contributed by atoms with E-state index in [1.807, 2.05) is 0 Å². The Morgan fingerprint density at radius 3 is 2.31 bits per heavy atom. The molecule has 78 valence electrons. The minimum Gasteiger partial charge on any atom is -0.393 e. The maximum Gasteiger partial charge on any atom is 0.115 e. The summed E-state index contributed by atoms with van der Waals surface area (Å²) in [7, 11) is 0. The van der Waals surface area contributed by atoms with E-state index >= 15 is 0 Å². The summed E-state index contributed by atoms with van der Waals surface area (Å²) in [4.78, 5) is 0. The van der Waals surface area contributed by atoms with Crippen LogP contribution in [0.1, 0.15) is 51.9 Å². The minimum atomic E-state index is -0.106. The van der Waals surface area contributed by atoms with E-state index in [-0.39, 0.29) is 12.2 Å². The Kier molecular flexibility index (Phi) is 4.74. The van der Waals surface area contributed by atoms with Crippen molar-refractivity contribution in [3.8, 4) is 0 Å². The van der Waals surface area contributed by atoms with Gasteiger partial charge in [-0.1, -0.05) is 45.4 Å². The Hall–Kier alpha value is -0.0800. The largest absolute Gasteiger partial charge is 0.393 e. The third-order valence-electron chi connectivity index (χ3n) is 2.83. The van der Waals surface area contributed by atoms with Gasteiger partial charge < -0.3 is 9.84 Å². The number of hydrogen-bond donors (Lipinski definition) is 1. The molecule has 0 saturated carbocycles. The lowest BCUT2D eigenvalue weighted by molar-refractivity contribution is 0.161. The van der Waals surface area contributed by atoms with Crippen molar-refractivity contribution < 1.29 is 9.84 Å². The predicted molar refractivity (Wildman–Crippen MR) is 53.8 cm³/mol. The Morgan fingerprint density at radius 1 is 1.15 bits per heavy atom. The lowest BCUT2D eigenvalue weighted by Gasteiger charge is -2.06. The molecular weight excluding hydrogens is 164 g/mol. The Bertz CT molecular complexity index is 130. The van der Waals surface area contributed by atoms with Crippen molar-refractivity contribution in [3.63, 3.8) is 0 Å². The molecule has 0 radical (unpaired) electrons. The molecule has 1 atom stereocenters. The van der Waals surface area contributed by atoms with Crippen LogP contribution in [0, 0.1) is 0 Å². The molecule has 1 aliphatic rings. The second-order valence-corrected chi connectivity index (χ2v) is 4.15. The van der Waals surface area contributed by atoms with Gasteiger partial charge in [-0.3, -0.25) is 0 Å². The third kappa shape index (κ3) is 4.10. The van der Waals surface area contributed by atoms with Gasteiger partial charge >= 0.3 is 0 Å². The van der Waals surface area contributed by atoms with E-state index in [4.69, 9.17) is 9.84 Å².